The summed E-state index contributed by atoms with van der Waals surface area (Å²) in [6, 6.07) is 8.52. The summed E-state index contributed by atoms with van der Waals surface area (Å²) >= 11 is 0. The standard InChI is InChI=1S/C15H15NO4/c1-3-20-12-6-4-5-11(9-12)16-8-7-13(17)14(10(16)2)15(18)19/h4-9H,3H2,1-2H3,(H,18,19). The van der Waals surface area contributed by atoms with Crippen LogP contribution in [0.15, 0.2) is 41.3 Å². The molecule has 0 aliphatic heterocycles. The predicted octanol–water partition coefficient (Wildman–Crippen LogP) is 2.24. The summed E-state index contributed by atoms with van der Waals surface area (Å²) in [6.45, 7) is 4.05. The quantitative estimate of drug-likeness (QED) is 0.927. The average molecular weight is 273 g/mol. The number of carboxylic acid groups (broad SMARTS) is 1. The minimum Gasteiger partial charge on any atom is -0.494 e. The molecule has 0 aliphatic rings. The van der Waals surface area contributed by atoms with Crippen molar-refractivity contribution < 1.29 is 14.6 Å². The van der Waals surface area contributed by atoms with Gasteiger partial charge in [0.05, 0.1) is 6.61 Å². The Balaban J connectivity index is 2.59. The molecule has 1 N–H and O–H groups in total. The van der Waals surface area contributed by atoms with Gasteiger partial charge in [0.25, 0.3) is 0 Å². The molecule has 1 aromatic heterocycles. The number of hydrogen-bond donors (Lipinski definition) is 1. The molecule has 0 saturated carbocycles. The van der Waals surface area contributed by atoms with E-state index < -0.39 is 11.4 Å². The molecule has 0 radical (unpaired) electrons. The molecule has 0 aliphatic carbocycles. The highest BCUT2D eigenvalue weighted by atomic mass is 16.5. The van der Waals surface area contributed by atoms with Crippen molar-refractivity contribution in [2.24, 2.45) is 0 Å². The van der Waals surface area contributed by atoms with E-state index in [-0.39, 0.29) is 5.56 Å². The van der Waals surface area contributed by atoms with Gasteiger partial charge in [-0.1, -0.05) is 6.07 Å². The van der Waals surface area contributed by atoms with Gasteiger partial charge in [-0.2, -0.15) is 0 Å². The van der Waals surface area contributed by atoms with E-state index in [0.29, 0.717) is 18.1 Å². The monoisotopic (exact) mass is 273 g/mol. The minimum absolute atomic E-state index is 0.214. The summed E-state index contributed by atoms with van der Waals surface area (Å²) in [5.74, 6) is -0.525. The van der Waals surface area contributed by atoms with Gasteiger partial charge in [0.1, 0.15) is 11.3 Å². The zero-order valence-corrected chi connectivity index (χ0v) is 11.3. The van der Waals surface area contributed by atoms with Crippen molar-refractivity contribution in [3.05, 3.63) is 58.0 Å². The highest BCUT2D eigenvalue weighted by Gasteiger charge is 2.15. The fourth-order valence-corrected chi connectivity index (χ4v) is 2.07. The Labute approximate surface area is 116 Å². The van der Waals surface area contributed by atoms with Crippen LogP contribution in [0.4, 0.5) is 0 Å². The number of pyridine rings is 1. The third-order valence-electron chi connectivity index (χ3n) is 2.97. The molecule has 0 atom stereocenters. The Morgan fingerprint density at radius 3 is 2.75 bits per heavy atom. The largest absolute Gasteiger partial charge is 0.494 e. The lowest BCUT2D eigenvalue weighted by atomic mass is 10.1. The summed E-state index contributed by atoms with van der Waals surface area (Å²) in [7, 11) is 0. The van der Waals surface area contributed by atoms with Crippen LogP contribution in [0.1, 0.15) is 23.0 Å². The van der Waals surface area contributed by atoms with Crippen molar-refractivity contribution in [1.82, 2.24) is 4.57 Å². The average Bonchev–Trinajstić information content (AvgIpc) is 2.39. The molecule has 2 rings (SSSR count). The normalized spacial score (nSPS) is 10.3. The van der Waals surface area contributed by atoms with E-state index in [1.807, 2.05) is 25.1 Å². The van der Waals surface area contributed by atoms with E-state index in [4.69, 9.17) is 9.84 Å². The lowest BCUT2D eigenvalue weighted by Crippen LogP contribution is -2.19. The number of aromatic carboxylic acids is 1. The summed E-state index contributed by atoms with van der Waals surface area (Å²) in [5.41, 5.74) is 0.427. The minimum atomic E-state index is -1.22. The molecular formula is C15H15NO4. The first-order chi connectivity index (χ1) is 9.54. The van der Waals surface area contributed by atoms with Crippen LogP contribution in [0, 0.1) is 6.92 Å². The van der Waals surface area contributed by atoms with Crippen LogP contribution in [0.25, 0.3) is 5.69 Å². The Kier molecular flexibility index (Phi) is 3.89. The first-order valence-corrected chi connectivity index (χ1v) is 6.23. The number of benzene rings is 1. The van der Waals surface area contributed by atoms with Gasteiger partial charge in [-0.05, 0) is 26.0 Å². The van der Waals surface area contributed by atoms with E-state index in [1.165, 1.54) is 6.07 Å². The second-order valence-electron chi connectivity index (χ2n) is 4.25. The zero-order chi connectivity index (χ0) is 14.7. The van der Waals surface area contributed by atoms with Crippen LogP contribution >= 0.6 is 0 Å². The maximum absolute atomic E-state index is 11.6. The molecule has 2 aromatic rings. The van der Waals surface area contributed by atoms with Crippen molar-refractivity contribution in [3.8, 4) is 11.4 Å². The molecule has 0 bridgehead atoms. The number of rotatable bonds is 4. The van der Waals surface area contributed by atoms with Crippen molar-refractivity contribution in [2.75, 3.05) is 6.61 Å². The van der Waals surface area contributed by atoms with Gasteiger partial charge in [0.2, 0.25) is 0 Å². The van der Waals surface area contributed by atoms with Gasteiger partial charge in [-0.15, -0.1) is 0 Å². The summed E-state index contributed by atoms with van der Waals surface area (Å²) < 4.78 is 7.08. The number of ether oxygens (including phenoxy) is 1. The number of nitrogens with zero attached hydrogens (tertiary/aromatic N) is 1. The molecule has 5 nitrogen and oxygen atoms in total. The molecule has 0 saturated heterocycles. The molecule has 0 spiro atoms. The maximum atomic E-state index is 11.6. The van der Waals surface area contributed by atoms with E-state index in [0.717, 1.165) is 5.69 Å². The van der Waals surface area contributed by atoms with Crippen molar-refractivity contribution in [2.45, 2.75) is 13.8 Å². The summed E-state index contributed by atoms with van der Waals surface area (Å²) in [6.07, 6.45) is 1.56. The highest BCUT2D eigenvalue weighted by molar-refractivity contribution is 5.88. The fourth-order valence-electron chi connectivity index (χ4n) is 2.07. The van der Waals surface area contributed by atoms with Gasteiger partial charge in [-0.3, -0.25) is 4.79 Å². The van der Waals surface area contributed by atoms with Crippen LogP contribution in [-0.2, 0) is 0 Å². The van der Waals surface area contributed by atoms with E-state index in [9.17, 15) is 9.59 Å². The van der Waals surface area contributed by atoms with Gasteiger partial charge < -0.3 is 14.4 Å². The SMILES string of the molecule is CCOc1cccc(-n2ccc(=O)c(C(=O)O)c2C)c1. The Morgan fingerprint density at radius 2 is 2.10 bits per heavy atom. The van der Waals surface area contributed by atoms with Crippen molar-refractivity contribution >= 4 is 5.97 Å². The second kappa shape index (κ2) is 5.61. The second-order valence-corrected chi connectivity index (χ2v) is 4.25. The number of carboxylic acids is 1. The van der Waals surface area contributed by atoms with Crippen LogP contribution in [0.5, 0.6) is 5.75 Å². The first kappa shape index (κ1) is 13.9. The molecule has 1 aromatic carbocycles. The van der Waals surface area contributed by atoms with E-state index in [1.54, 1.807) is 23.8 Å². The van der Waals surface area contributed by atoms with Crippen LogP contribution in [0.2, 0.25) is 0 Å². The Hall–Kier alpha value is -2.56. The third-order valence-corrected chi connectivity index (χ3v) is 2.97. The third kappa shape index (κ3) is 2.56. The van der Waals surface area contributed by atoms with Crippen molar-refractivity contribution in [1.29, 1.82) is 0 Å². The highest BCUT2D eigenvalue weighted by Crippen LogP contribution is 2.18. The molecule has 1 heterocycles. The van der Waals surface area contributed by atoms with Crippen molar-refractivity contribution in [3.63, 3.8) is 0 Å². The van der Waals surface area contributed by atoms with Gasteiger partial charge in [0, 0.05) is 29.7 Å². The smallest absolute Gasteiger partial charge is 0.341 e. The summed E-state index contributed by atoms with van der Waals surface area (Å²) in [4.78, 5) is 22.8. The molecule has 0 unspecified atom stereocenters. The maximum Gasteiger partial charge on any atom is 0.341 e. The molecule has 20 heavy (non-hydrogen) atoms. The first-order valence-electron chi connectivity index (χ1n) is 6.23. The van der Waals surface area contributed by atoms with Gasteiger partial charge in [-0.25, -0.2) is 4.79 Å². The van der Waals surface area contributed by atoms with Crippen LogP contribution in [-0.4, -0.2) is 22.2 Å². The Bertz CT molecular complexity index is 703. The fraction of sp³-hybridized carbons (Fsp3) is 0.200. The molecule has 0 amide bonds. The lowest BCUT2D eigenvalue weighted by Gasteiger charge is -2.13. The van der Waals surface area contributed by atoms with E-state index >= 15 is 0 Å². The molecule has 5 heteroatoms. The van der Waals surface area contributed by atoms with Gasteiger partial charge in [0.15, 0.2) is 5.43 Å². The zero-order valence-electron chi connectivity index (χ0n) is 11.3. The predicted molar refractivity (Wildman–Crippen MR) is 74.9 cm³/mol. The van der Waals surface area contributed by atoms with Gasteiger partial charge >= 0.3 is 5.97 Å². The topological polar surface area (TPSA) is 68.5 Å². The van der Waals surface area contributed by atoms with Crippen LogP contribution < -0.4 is 10.2 Å². The number of hydrogen-bond acceptors (Lipinski definition) is 3. The van der Waals surface area contributed by atoms with Crippen LogP contribution in [0.3, 0.4) is 0 Å². The lowest BCUT2D eigenvalue weighted by molar-refractivity contribution is 0.0694. The molecule has 104 valence electrons. The molecule has 0 fully saturated rings. The number of carbonyl (C=O) groups is 1. The Morgan fingerprint density at radius 1 is 1.35 bits per heavy atom. The summed E-state index contributed by atoms with van der Waals surface area (Å²) in [5, 5.41) is 9.12. The van der Waals surface area contributed by atoms with E-state index in [2.05, 4.69) is 0 Å². The molecular weight excluding hydrogens is 258 g/mol. The number of aromatic nitrogens is 1.